The molecule has 1 rings (SSSR count). The molecule has 1 amide bonds. The Kier molecular flexibility index (Phi) is 5.38. The summed E-state index contributed by atoms with van der Waals surface area (Å²) in [7, 11) is 0. The molecule has 2 N–H and O–H groups in total. The first-order valence-electron chi connectivity index (χ1n) is 5.81. The van der Waals surface area contributed by atoms with Crippen molar-refractivity contribution in [3.8, 4) is 0 Å². The van der Waals surface area contributed by atoms with Gasteiger partial charge >= 0.3 is 0 Å². The molecule has 0 saturated carbocycles. The molecule has 0 saturated heterocycles. The van der Waals surface area contributed by atoms with E-state index in [0.29, 0.717) is 0 Å². The lowest BCUT2D eigenvalue weighted by atomic mass is 9.91. The third kappa shape index (κ3) is 4.25. The van der Waals surface area contributed by atoms with Gasteiger partial charge in [0.05, 0.1) is 12.5 Å². The fraction of sp³-hybridized carbons (Fsp3) is 0.462. The summed E-state index contributed by atoms with van der Waals surface area (Å²) in [5.74, 6) is -2.08. The van der Waals surface area contributed by atoms with Crippen molar-refractivity contribution in [2.45, 2.75) is 32.5 Å². The van der Waals surface area contributed by atoms with E-state index in [1.807, 2.05) is 18.2 Å². The predicted octanol–water partition coefficient (Wildman–Crippen LogP) is 1.89. The van der Waals surface area contributed by atoms with Crippen LogP contribution in [-0.4, -0.2) is 23.0 Å². The van der Waals surface area contributed by atoms with Gasteiger partial charge in [0.2, 0.25) is 5.91 Å². The van der Waals surface area contributed by atoms with E-state index in [2.05, 4.69) is 5.48 Å². The largest absolute Gasteiger partial charge is 0.383 e. The number of halogens is 2. The summed E-state index contributed by atoms with van der Waals surface area (Å²) in [6.07, 6.45) is -3.01. The van der Waals surface area contributed by atoms with Gasteiger partial charge in [-0.05, 0) is 12.5 Å². The topological polar surface area (TPSA) is 58.6 Å². The predicted molar refractivity (Wildman–Crippen MR) is 65.2 cm³/mol. The Morgan fingerprint density at radius 3 is 2.53 bits per heavy atom. The Balaban J connectivity index is 2.43. The monoisotopic (exact) mass is 273 g/mol. The Bertz CT molecular complexity index is 410. The van der Waals surface area contributed by atoms with Crippen LogP contribution in [-0.2, 0) is 16.2 Å². The van der Waals surface area contributed by atoms with Crippen LogP contribution >= 0.6 is 0 Å². The van der Waals surface area contributed by atoms with E-state index in [1.54, 1.807) is 12.1 Å². The highest BCUT2D eigenvalue weighted by atomic mass is 19.3. The SMILES string of the molecule is CC(C(=O)NOCc1ccccc1)C(C)(O)C(F)F. The lowest BCUT2D eigenvalue weighted by molar-refractivity contribution is -0.160. The molecule has 0 aliphatic heterocycles. The fourth-order valence-electron chi connectivity index (χ4n) is 1.31. The van der Waals surface area contributed by atoms with Crippen molar-refractivity contribution in [2.75, 3.05) is 0 Å². The molecule has 1 aromatic carbocycles. The molecule has 0 radical (unpaired) electrons. The summed E-state index contributed by atoms with van der Waals surface area (Å²) in [6.45, 7) is 2.25. The maximum Gasteiger partial charge on any atom is 0.267 e. The lowest BCUT2D eigenvalue weighted by Crippen LogP contribution is -2.48. The minimum atomic E-state index is -3.01. The van der Waals surface area contributed by atoms with Crippen LogP contribution in [0.25, 0.3) is 0 Å². The van der Waals surface area contributed by atoms with E-state index in [9.17, 15) is 18.7 Å². The van der Waals surface area contributed by atoms with Gasteiger partial charge in [0, 0.05) is 0 Å². The maximum absolute atomic E-state index is 12.5. The van der Waals surface area contributed by atoms with Gasteiger partial charge in [0.1, 0.15) is 5.60 Å². The summed E-state index contributed by atoms with van der Waals surface area (Å²) in [5.41, 5.74) is 0.501. The smallest absolute Gasteiger partial charge is 0.267 e. The molecule has 0 fully saturated rings. The van der Waals surface area contributed by atoms with Crippen molar-refractivity contribution in [2.24, 2.45) is 5.92 Å². The molecule has 0 spiro atoms. The first-order chi connectivity index (χ1) is 8.85. The Morgan fingerprint density at radius 2 is 2.00 bits per heavy atom. The van der Waals surface area contributed by atoms with Crippen LogP contribution in [0.4, 0.5) is 8.78 Å². The normalized spacial score (nSPS) is 15.9. The van der Waals surface area contributed by atoms with E-state index in [4.69, 9.17) is 4.84 Å². The number of aliphatic hydroxyl groups is 1. The molecule has 1 aromatic rings. The van der Waals surface area contributed by atoms with Gasteiger partial charge in [-0.25, -0.2) is 14.3 Å². The molecule has 19 heavy (non-hydrogen) atoms. The Hall–Kier alpha value is -1.53. The molecule has 0 aliphatic rings. The van der Waals surface area contributed by atoms with Crippen LogP contribution < -0.4 is 5.48 Å². The zero-order chi connectivity index (χ0) is 14.5. The molecule has 106 valence electrons. The van der Waals surface area contributed by atoms with E-state index in [0.717, 1.165) is 12.5 Å². The minimum absolute atomic E-state index is 0.121. The fourth-order valence-corrected chi connectivity index (χ4v) is 1.31. The van der Waals surface area contributed by atoms with Gasteiger partial charge in [0.25, 0.3) is 6.43 Å². The molecular formula is C13H17F2NO3. The Labute approximate surface area is 110 Å². The van der Waals surface area contributed by atoms with Crippen molar-refractivity contribution < 1.29 is 23.5 Å². The summed E-state index contributed by atoms with van der Waals surface area (Å²) in [6, 6.07) is 9.05. The van der Waals surface area contributed by atoms with Gasteiger partial charge in [-0.1, -0.05) is 37.3 Å². The highest BCUT2D eigenvalue weighted by Crippen LogP contribution is 2.24. The van der Waals surface area contributed by atoms with E-state index >= 15 is 0 Å². The van der Waals surface area contributed by atoms with Crippen molar-refractivity contribution in [3.05, 3.63) is 35.9 Å². The first kappa shape index (κ1) is 15.5. The van der Waals surface area contributed by atoms with E-state index < -0.39 is 23.9 Å². The third-order valence-corrected chi connectivity index (χ3v) is 2.97. The summed E-state index contributed by atoms with van der Waals surface area (Å²) in [5, 5.41) is 9.48. The number of rotatable bonds is 6. The van der Waals surface area contributed by atoms with Crippen LogP contribution in [0.1, 0.15) is 19.4 Å². The van der Waals surface area contributed by atoms with Gasteiger partial charge in [-0.3, -0.25) is 9.63 Å². The summed E-state index contributed by atoms with van der Waals surface area (Å²) >= 11 is 0. The number of carbonyl (C=O) groups is 1. The van der Waals surface area contributed by atoms with Crippen LogP contribution in [0.2, 0.25) is 0 Å². The van der Waals surface area contributed by atoms with Crippen LogP contribution in [0.15, 0.2) is 30.3 Å². The van der Waals surface area contributed by atoms with Gasteiger partial charge < -0.3 is 5.11 Å². The minimum Gasteiger partial charge on any atom is -0.383 e. The van der Waals surface area contributed by atoms with Crippen molar-refractivity contribution in [1.29, 1.82) is 0 Å². The molecule has 4 nitrogen and oxygen atoms in total. The number of benzene rings is 1. The summed E-state index contributed by atoms with van der Waals surface area (Å²) < 4.78 is 25.1. The molecule has 2 atom stereocenters. The van der Waals surface area contributed by atoms with Crippen LogP contribution in [0.3, 0.4) is 0 Å². The molecule has 6 heteroatoms. The molecule has 0 bridgehead atoms. The van der Waals surface area contributed by atoms with Crippen molar-refractivity contribution in [1.82, 2.24) is 5.48 Å². The van der Waals surface area contributed by atoms with Gasteiger partial charge in [0.15, 0.2) is 0 Å². The highest BCUT2D eigenvalue weighted by Gasteiger charge is 2.42. The number of hydrogen-bond donors (Lipinski definition) is 2. The van der Waals surface area contributed by atoms with Gasteiger partial charge in [-0.15, -0.1) is 0 Å². The number of alkyl halides is 2. The third-order valence-electron chi connectivity index (χ3n) is 2.97. The second-order valence-electron chi connectivity index (χ2n) is 4.49. The first-order valence-corrected chi connectivity index (χ1v) is 5.81. The number of nitrogens with one attached hydrogen (secondary N) is 1. The Morgan fingerprint density at radius 1 is 1.42 bits per heavy atom. The standard InChI is InChI=1S/C13H17F2NO3/c1-9(13(2,18)12(14)15)11(17)16-19-8-10-6-4-3-5-7-10/h3-7,9,12,18H,8H2,1-2H3,(H,16,17). The number of amides is 1. The highest BCUT2D eigenvalue weighted by molar-refractivity contribution is 5.78. The van der Waals surface area contributed by atoms with Crippen molar-refractivity contribution in [3.63, 3.8) is 0 Å². The van der Waals surface area contributed by atoms with Crippen LogP contribution in [0, 0.1) is 5.92 Å². The lowest BCUT2D eigenvalue weighted by Gasteiger charge is -2.28. The second-order valence-corrected chi connectivity index (χ2v) is 4.49. The van der Waals surface area contributed by atoms with Gasteiger partial charge in [-0.2, -0.15) is 0 Å². The molecular weight excluding hydrogens is 256 g/mol. The zero-order valence-corrected chi connectivity index (χ0v) is 10.8. The number of carbonyl (C=O) groups excluding carboxylic acids is 1. The van der Waals surface area contributed by atoms with E-state index in [1.165, 1.54) is 6.92 Å². The van der Waals surface area contributed by atoms with Crippen LogP contribution in [0.5, 0.6) is 0 Å². The maximum atomic E-state index is 12.5. The average Bonchev–Trinajstić information content (AvgIpc) is 2.38. The molecule has 0 heterocycles. The second kappa shape index (κ2) is 6.58. The van der Waals surface area contributed by atoms with Crippen molar-refractivity contribution >= 4 is 5.91 Å². The van der Waals surface area contributed by atoms with E-state index in [-0.39, 0.29) is 6.61 Å². The summed E-state index contributed by atoms with van der Waals surface area (Å²) in [4.78, 5) is 16.5. The zero-order valence-electron chi connectivity index (χ0n) is 10.8. The number of hydrogen-bond acceptors (Lipinski definition) is 3. The quantitative estimate of drug-likeness (QED) is 0.778. The molecule has 2 unspecified atom stereocenters. The number of hydroxylamine groups is 1. The molecule has 0 aliphatic carbocycles. The average molecular weight is 273 g/mol. The molecule has 0 aromatic heterocycles.